The summed E-state index contributed by atoms with van der Waals surface area (Å²) in [6.45, 7) is 4.07. The zero-order valence-electron chi connectivity index (χ0n) is 10.4. The smallest absolute Gasteiger partial charge is 0.221 e. The van der Waals surface area contributed by atoms with Crippen LogP contribution in [0, 0.1) is 0 Å². The number of rotatable bonds is 2. The average molecular weight is 268 g/mol. The van der Waals surface area contributed by atoms with Crippen LogP contribution in [0.5, 0.6) is 0 Å². The predicted octanol–water partition coefficient (Wildman–Crippen LogP) is 1.69. The van der Waals surface area contributed by atoms with Crippen molar-refractivity contribution in [2.75, 3.05) is 24.5 Å². The zero-order valence-corrected chi connectivity index (χ0v) is 11.2. The molecule has 0 aliphatic carbocycles. The molecule has 1 amide bonds. The first-order valence-corrected chi connectivity index (χ1v) is 6.52. The lowest BCUT2D eigenvalue weighted by Gasteiger charge is -2.23. The Morgan fingerprint density at radius 1 is 1.44 bits per heavy atom. The van der Waals surface area contributed by atoms with E-state index in [2.05, 4.69) is 10.2 Å². The molecule has 1 aromatic rings. The normalized spacial score (nSPS) is 18.2. The highest BCUT2D eigenvalue weighted by Crippen LogP contribution is 2.28. The predicted molar refractivity (Wildman–Crippen MR) is 73.9 cm³/mol. The molecule has 1 unspecified atom stereocenters. The molecule has 5 heteroatoms. The molecule has 0 saturated carbocycles. The average Bonchev–Trinajstić information content (AvgIpc) is 2.54. The Morgan fingerprint density at radius 3 is 2.89 bits per heavy atom. The second-order valence-corrected chi connectivity index (χ2v) is 4.99. The molecule has 1 fully saturated rings. The number of anilines is 1. The highest BCUT2D eigenvalue weighted by Gasteiger charge is 2.16. The van der Waals surface area contributed by atoms with Crippen LogP contribution in [0.3, 0.4) is 0 Å². The van der Waals surface area contributed by atoms with Gasteiger partial charge in [0.15, 0.2) is 0 Å². The fourth-order valence-corrected chi connectivity index (χ4v) is 2.38. The second kappa shape index (κ2) is 5.59. The molecule has 1 aromatic carbocycles. The lowest BCUT2D eigenvalue weighted by Crippen LogP contribution is -2.28. The Labute approximate surface area is 112 Å². The number of nitrogens with two attached hydrogens (primary N) is 1. The molecule has 1 atom stereocenters. The van der Waals surface area contributed by atoms with Crippen LogP contribution in [0.15, 0.2) is 18.2 Å². The van der Waals surface area contributed by atoms with E-state index in [0.717, 1.165) is 17.8 Å². The molecule has 0 bridgehead atoms. The van der Waals surface area contributed by atoms with Gasteiger partial charge in [-0.2, -0.15) is 0 Å². The van der Waals surface area contributed by atoms with Crippen LogP contribution in [-0.4, -0.2) is 25.5 Å². The van der Waals surface area contributed by atoms with Crippen LogP contribution in [0.25, 0.3) is 0 Å². The SMILES string of the molecule is CC(N)c1ccc(N2CCNC(=O)CC2)c(Cl)c1. The number of hydrogen-bond acceptors (Lipinski definition) is 3. The van der Waals surface area contributed by atoms with Crippen molar-refractivity contribution < 1.29 is 4.79 Å². The molecule has 2 rings (SSSR count). The third-order valence-corrected chi connectivity index (χ3v) is 3.45. The van der Waals surface area contributed by atoms with Crippen molar-refractivity contribution in [1.29, 1.82) is 0 Å². The number of carbonyl (C=O) groups is 1. The van der Waals surface area contributed by atoms with Gasteiger partial charge in [-0.05, 0) is 24.6 Å². The van der Waals surface area contributed by atoms with Gasteiger partial charge in [0.2, 0.25) is 5.91 Å². The van der Waals surface area contributed by atoms with E-state index in [9.17, 15) is 4.79 Å². The lowest BCUT2D eigenvalue weighted by molar-refractivity contribution is -0.120. The molecule has 4 nitrogen and oxygen atoms in total. The molecule has 98 valence electrons. The van der Waals surface area contributed by atoms with Crippen molar-refractivity contribution in [2.45, 2.75) is 19.4 Å². The number of hydrogen-bond donors (Lipinski definition) is 2. The third-order valence-electron chi connectivity index (χ3n) is 3.15. The van der Waals surface area contributed by atoms with Crippen LogP contribution in [0.1, 0.15) is 24.9 Å². The van der Waals surface area contributed by atoms with Crippen molar-refractivity contribution in [1.82, 2.24) is 5.32 Å². The van der Waals surface area contributed by atoms with Crippen molar-refractivity contribution >= 4 is 23.2 Å². The van der Waals surface area contributed by atoms with E-state index in [1.165, 1.54) is 0 Å². The minimum Gasteiger partial charge on any atom is -0.368 e. The van der Waals surface area contributed by atoms with E-state index >= 15 is 0 Å². The highest BCUT2D eigenvalue weighted by atomic mass is 35.5. The van der Waals surface area contributed by atoms with E-state index in [0.29, 0.717) is 24.5 Å². The van der Waals surface area contributed by atoms with Gasteiger partial charge in [-0.15, -0.1) is 0 Å². The van der Waals surface area contributed by atoms with Crippen LogP contribution in [0.2, 0.25) is 5.02 Å². The number of nitrogens with one attached hydrogen (secondary N) is 1. The summed E-state index contributed by atoms with van der Waals surface area (Å²) >= 11 is 6.29. The number of carbonyl (C=O) groups excluding carboxylic acids is 1. The summed E-state index contributed by atoms with van der Waals surface area (Å²) in [5.41, 5.74) is 7.82. The first kappa shape index (κ1) is 13.2. The number of nitrogens with zero attached hydrogens (tertiary/aromatic N) is 1. The summed E-state index contributed by atoms with van der Waals surface area (Å²) in [5, 5.41) is 3.54. The van der Waals surface area contributed by atoms with E-state index in [4.69, 9.17) is 17.3 Å². The van der Waals surface area contributed by atoms with Crippen molar-refractivity contribution in [2.24, 2.45) is 5.73 Å². The monoisotopic (exact) mass is 267 g/mol. The van der Waals surface area contributed by atoms with Crippen molar-refractivity contribution in [3.05, 3.63) is 28.8 Å². The van der Waals surface area contributed by atoms with Gasteiger partial charge in [0.25, 0.3) is 0 Å². The summed E-state index contributed by atoms with van der Waals surface area (Å²) in [6.07, 6.45) is 0.505. The zero-order chi connectivity index (χ0) is 13.1. The lowest BCUT2D eigenvalue weighted by atomic mass is 10.1. The van der Waals surface area contributed by atoms with Gasteiger partial charge in [0.05, 0.1) is 10.7 Å². The van der Waals surface area contributed by atoms with E-state index < -0.39 is 0 Å². The largest absolute Gasteiger partial charge is 0.368 e. The minimum atomic E-state index is -0.0241. The fourth-order valence-electron chi connectivity index (χ4n) is 2.07. The van der Waals surface area contributed by atoms with Crippen molar-refractivity contribution in [3.63, 3.8) is 0 Å². The number of benzene rings is 1. The second-order valence-electron chi connectivity index (χ2n) is 4.59. The maximum Gasteiger partial charge on any atom is 0.221 e. The molecule has 0 spiro atoms. The molecule has 18 heavy (non-hydrogen) atoms. The first-order valence-electron chi connectivity index (χ1n) is 6.14. The van der Waals surface area contributed by atoms with Crippen LogP contribution in [-0.2, 0) is 4.79 Å². The molecule has 3 N–H and O–H groups in total. The Balaban J connectivity index is 2.20. The maximum atomic E-state index is 11.3. The van der Waals surface area contributed by atoms with Crippen LogP contribution >= 0.6 is 11.6 Å². The topological polar surface area (TPSA) is 58.4 Å². The van der Waals surface area contributed by atoms with Gasteiger partial charge in [0, 0.05) is 32.1 Å². The summed E-state index contributed by atoms with van der Waals surface area (Å²) in [4.78, 5) is 13.4. The molecular formula is C13H18ClN3O. The molecule has 1 heterocycles. The Kier molecular flexibility index (Phi) is 4.09. The van der Waals surface area contributed by atoms with E-state index in [1.807, 2.05) is 25.1 Å². The first-order chi connectivity index (χ1) is 8.58. The quantitative estimate of drug-likeness (QED) is 0.857. The Morgan fingerprint density at radius 2 is 2.22 bits per heavy atom. The summed E-state index contributed by atoms with van der Waals surface area (Å²) < 4.78 is 0. The van der Waals surface area contributed by atoms with Gasteiger partial charge < -0.3 is 16.0 Å². The van der Waals surface area contributed by atoms with Gasteiger partial charge in [-0.25, -0.2) is 0 Å². The number of amides is 1. The van der Waals surface area contributed by atoms with Gasteiger partial charge >= 0.3 is 0 Å². The minimum absolute atomic E-state index is 0.0241. The van der Waals surface area contributed by atoms with Crippen LogP contribution < -0.4 is 16.0 Å². The summed E-state index contributed by atoms with van der Waals surface area (Å²) in [6, 6.07) is 5.86. The molecular weight excluding hydrogens is 250 g/mol. The Bertz CT molecular complexity index is 448. The molecule has 1 aliphatic rings. The fraction of sp³-hybridized carbons (Fsp3) is 0.462. The maximum absolute atomic E-state index is 11.3. The molecule has 1 aliphatic heterocycles. The van der Waals surface area contributed by atoms with E-state index in [1.54, 1.807) is 0 Å². The highest BCUT2D eigenvalue weighted by molar-refractivity contribution is 6.33. The van der Waals surface area contributed by atoms with Gasteiger partial charge in [-0.3, -0.25) is 4.79 Å². The van der Waals surface area contributed by atoms with Gasteiger partial charge in [-0.1, -0.05) is 17.7 Å². The van der Waals surface area contributed by atoms with E-state index in [-0.39, 0.29) is 11.9 Å². The Hall–Kier alpha value is -1.26. The molecule has 0 radical (unpaired) electrons. The van der Waals surface area contributed by atoms with Crippen molar-refractivity contribution in [3.8, 4) is 0 Å². The molecule has 0 aromatic heterocycles. The third kappa shape index (κ3) is 2.94. The summed E-state index contributed by atoms with van der Waals surface area (Å²) in [5.74, 6) is 0.0980. The molecule has 1 saturated heterocycles. The van der Waals surface area contributed by atoms with Gasteiger partial charge in [0.1, 0.15) is 0 Å². The van der Waals surface area contributed by atoms with Crippen LogP contribution in [0.4, 0.5) is 5.69 Å². The standard InChI is InChI=1S/C13H18ClN3O/c1-9(15)10-2-3-12(11(14)8-10)17-6-4-13(18)16-5-7-17/h2-3,8-9H,4-7,15H2,1H3,(H,16,18). The number of halogens is 1. The summed E-state index contributed by atoms with van der Waals surface area (Å²) in [7, 11) is 0.